The van der Waals surface area contributed by atoms with Crippen LogP contribution in [0, 0.1) is 0 Å². The van der Waals surface area contributed by atoms with Crippen LogP contribution < -0.4 is 21.7 Å². The maximum atomic E-state index is 11.9. The molecule has 0 radical (unpaired) electrons. The van der Waals surface area contributed by atoms with Gasteiger partial charge in [-0.1, -0.05) is 12.1 Å². The molecule has 6 nitrogen and oxygen atoms in total. The van der Waals surface area contributed by atoms with E-state index in [4.69, 9.17) is 5.73 Å². The van der Waals surface area contributed by atoms with Crippen molar-refractivity contribution in [3.05, 3.63) is 29.8 Å². The summed E-state index contributed by atoms with van der Waals surface area (Å²) in [5, 5.41) is 8.22. The molecule has 0 bridgehead atoms. The monoisotopic (exact) mass is 250 g/mol. The number of para-hydroxylation sites is 1. The molecule has 5 N–H and O–H groups in total. The molecular formula is C12H18N4O2. The van der Waals surface area contributed by atoms with Crippen LogP contribution >= 0.6 is 0 Å². The summed E-state index contributed by atoms with van der Waals surface area (Å²) in [6.07, 6.45) is 0. The Hall–Kier alpha value is -2.24. The van der Waals surface area contributed by atoms with Gasteiger partial charge in [0.2, 0.25) is 0 Å². The highest BCUT2D eigenvalue weighted by Crippen LogP contribution is 2.14. The van der Waals surface area contributed by atoms with Crippen molar-refractivity contribution in [1.82, 2.24) is 10.6 Å². The van der Waals surface area contributed by atoms with E-state index in [1.807, 2.05) is 19.1 Å². The summed E-state index contributed by atoms with van der Waals surface area (Å²) in [7, 11) is 0. The van der Waals surface area contributed by atoms with Gasteiger partial charge >= 0.3 is 6.03 Å². The molecule has 0 saturated heterocycles. The highest BCUT2D eigenvalue weighted by molar-refractivity contribution is 5.99. The topological polar surface area (TPSA) is 96.2 Å². The van der Waals surface area contributed by atoms with E-state index in [1.54, 1.807) is 12.1 Å². The second kappa shape index (κ2) is 7.16. The smallest absolute Gasteiger partial charge is 0.312 e. The minimum atomic E-state index is -0.600. The van der Waals surface area contributed by atoms with Crippen molar-refractivity contribution in [3.63, 3.8) is 0 Å². The minimum Gasteiger partial charge on any atom is -0.385 e. The zero-order valence-corrected chi connectivity index (χ0v) is 10.3. The number of amides is 3. The number of nitrogens with two attached hydrogens (primary N) is 1. The summed E-state index contributed by atoms with van der Waals surface area (Å²) in [4.78, 5) is 22.3. The summed E-state index contributed by atoms with van der Waals surface area (Å²) in [5.74, 6) is -0.183. The molecule has 1 aromatic rings. The quantitative estimate of drug-likeness (QED) is 0.554. The van der Waals surface area contributed by atoms with Crippen LogP contribution in [0.25, 0.3) is 0 Å². The zero-order valence-electron chi connectivity index (χ0n) is 10.3. The summed E-state index contributed by atoms with van der Waals surface area (Å²) < 4.78 is 0. The summed E-state index contributed by atoms with van der Waals surface area (Å²) >= 11 is 0. The van der Waals surface area contributed by atoms with Crippen molar-refractivity contribution in [2.75, 3.05) is 25.0 Å². The Kier molecular flexibility index (Phi) is 5.50. The summed E-state index contributed by atoms with van der Waals surface area (Å²) in [5.41, 5.74) is 6.29. The predicted octanol–water partition coefficient (Wildman–Crippen LogP) is 0.516. The Bertz CT molecular complexity index is 420. The third-order valence-electron chi connectivity index (χ3n) is 2.25. The van der Waals surface area contributed by atoms with Gasteiger partial charge in [-0.05, 0) is 19.1 Å². The number of urea groups is 1. The Labute approximate surface area is 106 Å². The van der Waals surface area contributed by atoms with Crippen LogP contribution in [0.4, 0.5) is 10.5 Å². The molecule has 0 aromatic heterocycles. The Morgan fingerprint density at radius 1 is 1.17 bits per heavy atom. The van der Waals surface area contributed by atoms with Gasteiger partial charge in [-0.15, -0.1) is 0 Å². The van der Waals surface area contributed by atoms with E-state index in [0.717, 1.165) is 12.2 Å². The molecule has 0 unspecified atom stereocenters. The second-order valence-corrected chi connectivity index (χ2v) is 3.62. The molecule has 98 valence electrons. The molecule has 0 saturated carbocycles. The molecule has 18 heavy (non-hydrogen) atoms. The fourth-order valence-electron chi connectivity index (χ4n) is 1.48. The Morgan fingerprint density at radius 2 is 1.83 bits per heavy atom. The minimum absolute atomic E-state index is 0.183. The number of benzene rings is 1. The molecule has 1 aromatic carbocycles. The fourth-order valence-corrected chi connectivity index (χ4v) is 1.48. The average Bonchev–Trinajstić information content (AvgIpc) is 2.35. The van der Waals surface area contributed by atoms with Crippen molar-refractivity contribution >= 4 is 17.6 Å². The van der Waals surface area contributed by atoms with Crippen molar-refractivity contribution in [3.8, 4) is 0 Å². The number of hydrogen-bond acceptors (Lipinski definition) is 3. The van der Waals surface area contributed by atoms with Crippen molar-refractivity contribution in [1.29, 1.82) is 0 Å². The van der Waals surface area contributed by atoms with Gasteiger partial charge in [0.1, 0.15) is 0 Å². The van der Waals surface area contributed by atoms with E-state index < -0.39 is 6.03 Å². The zero-order chi connectivity index (χ0) is 13.4. The van der Waals surface area contributed by atoms with Crippen LogP contribution in [0.15, 0.2) is 24.3 Å². The highest BCUT2D eigenvalue weighted by atomic mass is 16.2. The van der Waals surface area contributed by atoms with E-state index in [2.05, 4.69) is 16.0 Å². The SMILES string of the molecule is CCNc1ccccc1C(=O)NCCNC(N)=O. The van der Waals surface area contributed by atoms with Gasteiger partial charge in [0.05, 0.1) is 5.56 Å². The van der Waals surface area contributed by atoms with Crippen molar-refractivity contribution < 1.29 is 9.59 Å². The van der Waals surface area contributed by atoms with Crippen molar-refractivity contribution in [2.45, 2.75) is 6.92 Å². The molecule has 0 heterocycles. The maximum absolute atomic E-state index is 11.9. The Morgan fingerprint density at radius 3 is 2.50 bits per heavy atom. The normalized spacial score (nSPS) is 9.61. The number of rotatable bonds is 6. The van der Waals surface area contributed by atoms with Gasteiger partial charge in [0, 0.05) is 25.3 Å². The first-order chi connectivity index (χ1) is 8.65. The maximum Gasteiger partial charge on any atom is 0.312 e. The molecule has 0 fully saturated rings. The van der Waals surface area contributed by atoms with E-state index in [0.29, 0.717) is 18.7 Å². The number of anilines is 1. The Balaban J connectivity index is 2.53. The number of carbonyl (C=O) groups is 2. The predicted molar refractivity (Wildman–Crippen MR) is 70.5 cm³/mol. The molecule has 1 rings (SSSR count). The molecule has 0 aliphatic heterocycles. The van der Waals surface area contributed by atoms with Crippen molar-refractivity contribution in [2.24, 2.45) is 5.73 Å². The van der Waals surface area contributed by atoms with Gasteiger partial charge in [-0.2, -0.15) is 0 Å². The number of nitrogens with one attached hydrogen (secondary N) is 3. The lowest BCUT2D eigenvalue weighted by Gasteiger charge is -2.10. The lowest BCUT2D eigenvalue weighted by atomic mass is 10.1. The van der Waals surface area contributed by atoms with Crippen LogP contribution in [-0.2, 0) is 0 Å². The summed E-state index contributed by atoms with van der Waals surface area (Å²) in [6.45, 7) is 3.35. The first kappa shape index (κ1) is 13.8. The first-order valence-electron chi connectivity index (χ1n) is 5.79. The third kappa shape index (κ3) is 4.32. The van der Waals surface area contributed by atoms with Gasteiger partial charge < -0.3 is 21.7 Å². The largest absolute Gasteiger partial charge is 0.385 e. The standard InChI is InChI=1S/C12H18N4O2/c1-2-14-10-6-4-3-5-9(10)11(17)15-7-8-16-12(13)18/h3-6,14H,2,7-8H2,1H3,(H,15,17)(H3,13,16,18). The molecule has 0 spiro atoms. The highest BCUT2D eigenvalue weighted by Gasteiger charge is 2.09. The van der Waals surface area contributed by atoms with Crippen LogP contribution in [0.1, 0.15) is 17.3 Å². The van der Waals surface area contributed by atoms with E-state index >= 15 is 0 Å². The number of carbonyl (C=O) groups excluding carboxylic acids is 2. The molecule has 0 aliphatic rings. The van der Waals surface area contributed by atoms with E-state index in [-0.39, 0.29) is 5.91 Å². The lowest BCUT2D eigenvalue weighted by molar-refractivity contribution is 0.0954. The second-order valence-electron chi connectivity index (χ2n) is 3.62. The van der Waals surface area contributed by atoms with Gasteiger partial charge in [-0.25, -0.2) is 4.79 Å². The molecule has 6 heteroatoms. The first-order valence-corrected chi connectivity index (χ1v) is 5.79. The third-order valence-corrected chi connectivity index (χ3v) is 2.25. The van der Waals surface area contributed by atoms with Crippen LogP contribution in [0.2, 0.25) is 0 Å². The van der Waals surface area contributed by atoms with Crippen LogP contribution in [0.3, 0.4) is 0 Å². The van der Waals surface area contributed by atoms with Gasteiger partial charge in [0.25, 0.3) is 5.91 Å². The van der Waals surface area contributed by atoms with E-state index in [1.165, 1.54) is 0 Å². The fraction of sp³-hybridized carbons (Fsp3) is 0.333. The lowest BCUT2D eigenvalue weighted by Crippen LogP contribution is -2.37. The van der Waals surface area contributed by atoms with Crippen LogP contribution in [0.5, 0.6) is 0 Å². The average molecular weight is 250 g/mol. The van der Waals surface area contributed by atoms with Gasteiger partial charge in [0.15, 0.2) is 0 Å². The molecule has 0 aliphatic carbocycles. The van der Waals surface area contributed by atoms with Gasteiger partial charge in [-0.3, -0.25) is 4.79 Å². The van der Waals surface area contributed by atoms with E-state index in [9.17, 15) is 9.59 Å². The molecule has 3 amide bonds. The molecule has 0 atom stereocenters. The number of hydrogen-bond donors (Lipinski definition) is 4. The summed E-state index contributed by atoms with van der Waals surface area (Å²) in [6, 6.07) is 6.66. The molecular weight excluding hydrogens is 232 g/mol. The van der Waals surface area contributed by atoms with Crippen LogP contribution in [-0.4, -0.2) is 31.6 Å². The number of primary amides is 1.